The average Bonchev–Trinajstić information content (AvgIpc) is 3.35. The van der Waals surface area contributed by atoms with Gasteiger partial charge in [0.05, 0.1) is 16.5 Å². The van der Waals surface area contributed by atoms with Crippen LogP contribution in [0.1, 0.15) is 12.5 Å². The Kier molecular flexibility index (Phi) is 7.48. The summed E-state index contributed by atoms with van der Waals surface area (Å²) in [5.74, 6) is -0.158. The minimum absolute atomic E-state index is 0.122. The molecule has 0 aliphatic carbocycles. The van der Waals surface area contributed by atoms with E-state index in [1.54, 1.807) is 23.5 Å². The number of piperazine rings is 1. The van der Waals surface area contributed by atoms with Crippen LogP contribution >= 0.6 is 11.6 Å². The fourth-order valence-corrected chi connectivity index (χ4v) is 6.25. The van der Waals surface area contributed by atoms with Gasteiger partial charge >= 0.3 is 0 Å². The lowest BCUT2D eigenvalue weighted by Crippen LogP contribution is -2.49. The predicted molar refractivity (Wildman–Crippen MR) is 159 cm³/mol. The van der Waals surface area contributed by atoms with E-state index in [1.165, 1.54) is 6.08 Å². The summed E-state index contributed by atoms with van der Waals surface area (Å²) in [4.78, 5) is 22.2. The summed E-state index contributed by atoms with van der Waals surface area (Å²) in [7, 11) is -3.17. The second-order valence-corrected chi connectivity index (χ2v) is 12.1. The summed E-state index contributed by atoms with van der Waals surface area (Å²) in [6.45, 7) is 9.39. The van der Waals surface area contributed by atoms with E-state index in [0.717, 1.165) is 39.0 Å². The van der Waals surface area contributed by atoms with Gasteiger partial charge < -0.3 is 15.2 Å². The Balaban J connectivity index is 1.51. The number of aryl methyl sites for hydroxylation is 1. The minimum atomic E-state index is -3.17. The minimum Gasteiger partial charge on any atom is -0.369 e. The fraction of sp³-hybridized carbons (Fsp3) is 0.241. The first-order valence-corrected chi connectivity index (χ1v) is 14.7. The summed E-state index contributed by atoms with van der Waals surface area (Å²) in [5, 5.41) is 4.26. The maximum Gasteiger partial charge on any atom is 0.247 e. The standard InChI is InChI=1S/C29H30ClN5O3S/c1-4-25(36)32-24-18-21(7-6-19(24)3)26-27-23(30)12-13-31-29(27)33-28(26)20-8-10-22(11-9-20)34-14-16-35(17-15-34)39(37,38)5-2/h4,6-13,18H,1,5,14-17H2,2-3H3,(H,31,33)(H,32,36). The highest BCUT2D eigenvalue weighted by molar-refractivity contribution is 7.89. The molecule has 2 N–H and O–H groups in total. The number of nitrogens with zero attached hydrogens (tertiary/aromatic N) is 3. The number of fused-ring (bicyclic) bond motifs is 1. The molecular weight excluding hydrogens is 534 g/mol. The number of amides is 1. The topological polar surface area (TPSA) is 98.4 Å². The number of sulfonamides is 1. The molecule has 2 aromatic carbocycles. The molecule has 1 aliphatic heterocycles. The fourth-order valence-electron chi connectivity index (χ4n) is 4.92. The molecule has 202 valence electrons. The first kappa shape index (κ1) is 26.9. The summed E-state index contributed by atoms with van der Waals surface area (Å²) < 4.78 is 26.0. The normalized spacial score (nSPS) is 14.5. The highest BCUT2D eigenvalue weighted by Gasteiger charge is 2.26. The second-order valence-electron chi connectivity index (χ2n) is 9.45. The number of nitrogens with one attached hydrogen (secondary N) is 2. The molecule has 0 atom stereocenters. The molecule has 3 heterocycles. The van der Waals surface area contributed by atoms with Crippen molar-refractivity contribution in [2.24, 2.45) is 0 Å². The van der Waals surface area contributed by atoms with Crippen molar-refractivity contribution in [1.82, 2.24) is 14.3 Å². The van der Waals surface area contributed by atoms with Gasteiger partial charge in [-0.2, -0.15) is 4.31 Å². The Hall–Kier alpha value is -3.66. The van der Waals surface area contributed by atoms with Crippen LogP contribution < -0.4 is 10.2 Å². The van der Waals surface area contributed by atoms with E-state index in [-0.39, 0.29) is 11.7 Å². The highest BCUT2D eigenvalue weighted by Crippen LogP contribution is 2.42. The summed E-state index contributed by atoms with van der Waals surface area (Å²) in [6, 6.07) is 15.9. The van der Waals surface area contributed by atoms with Crippen LogP contribution in [-0.2, 0) is 14.8 Å². The number of hydrogen-bond donors (Lipinski definition) is 2. The smallest absolute Gasteiger partial charge is 0.247 e. The lowest BCUT2D eigenvalue weighted by Gasteiger charge is -2.35. The Bertz CT molecular complexity index is 1660. The summed E-state index contributed by atoms with van der Waals surface area (Å²) in [5.41, 5.74) is 6.91. The predicted octanol–water partition coefficient (Wildman–Crippen LogP) is 5.45. The lowest BCUT2D eigenvalue weighted by atomic mass is 9.97. The van der Waals surface area contributed by atoms with Crippen LogP contribution in [0.15, 0.2) is 67.4 Å². The number of aromatic nitrogens is 2. The Labute approximate surface area is 233 Å². The van der Waals surface area contributed by atoms with Gasteiger partial charge in [0, 0.05) is 54.7 Å². The number of H-pyrrole nitrogens is 1. The number of halogens is 1. The zero-order valence-corrected chi connectivity index (χ0v) is 23.4. The van der Waals surface area contributed by atoms with E-state index in [0.29, 0.717) is 42.5 Å². The molecule has 39 heavy (non-hydrogen) atoms. The van der Waals surface area contributed by atoms with Gasteiger partial charge in [0.2, 0.25) is 15.9 Å². The molecule has 0 radical (unpaired) electrons. The van der Waals surface area contributed by atoms with Gasteiger partial charge in [-0.3, -0.25) is 4.79 Å². The number of benzene rings is 2. The molecule has 1 aliphatic rings. The van der Waals surface area contributed by atoms with Gasteiger partial charge in [-0.15, -0.1) is 0 Å². The third-order valence-corrected chi connectivity index (χ3v) is 9.33. The lowest BCUT2D eigenvalue weighted by molar-refractivity contribution is -0.111. The zero-order chi connectivity index (χ0) is 27.7. The maximum atomic E-state index is 12.2. The molecule has 1 amide bonds. The number of carbonyl (C=O) groups excluding carboxylic acids is 1. The van der Waals surface area contributed by atoms with Gasteiger partial charge in [0.1, 0.15) is 5.65 Å². The van der Waals surface area contributed by atoms with E-state index in [2.05, 4.69) is 38.9 Å². The number of rotatable bonds is 7. The first-order valence-electron chi connectivity index (χ1n) is 12.8. The molecule has 0 spiro atoms. The van der Waals surface area contributed by atoms with Crippen molar-refractivity contribution in [3.63, 3.8) is 0 Å². The van der Waals surface area contributed by atoms with Gasteiger partial charge in [0.15, 0.2) is 0 Å². The molecule has 1 saturated heterocycles. The van der Waals surface area contributed by atoms with Crippen molar-refractivity contribution in [1.29, 1.82) is 0 Å². The van der Waals surface area contributed by atoms with E-state index in [4.69, 9.17) is 11.6 Å². The zero-order valence-electron chi connectivity index (χ0n) is 21.9. The van der Waals surface area contributed by atoms with Gasteiger partial charge in [-0.25, -0.2) is 13.4 Å². The maximum absolute atomic E-state index is 12.2. The van der Waals surface area contributed by atoms with Crippen LogP contribution in [0.3, 0.4) is 0 Å². The van der Waals surface area contributed by atoms with Crippen molar-refractivity contribution >= 4 is 49.9 Å². The molecule has 1 fully saturated rings. The molecule has 8 nitrogen and oxygen atoms in total. The molecule has 2 aromatic heterocycles. The first-order chi connectivity index (χ1) is 18.7. The van der Waals surface area contributed by atoms with E-state index in [9.17, 15) is 13.2 Å². The SMILES string of the molecule is C=CC(=O)Nc1cc(-c2c(-c3ccc(N4CCN(S(=O)(=O)CC)CC4)cc3)[nH]c3nccc(Cl)c23)ccc1C. The molecule has 4 aromatic rings. The Morgan fingerprint density at radius 3 is 2.46 bits per heavy atom. The van der Waals surface area contributed by atoms with Crippen LogP contribution in [0.4, 0.5) is 11.4 Å². The Morgan fingerprint density at radius 1 is 1.10 bits per heavy atom. The third-order valence-electron chi connectivity index (χ3n) is 7.13. The third kappa shape index (κ3) is 5.30. The van der Waals surface area contributed by atoms with E-state index in [1.807, 2.05) is 37.3 Å². The van der Waals surface area contributed by atoms with Gasteiger partial charge in [0.25, 0.3) is 0 Å². The molecule has 5 rings (SSSR count). The second kappa shape index (κ2) is 10.8. The molecule has 0 bridgehead atoms. The van der Waals surface area contributed by atoms with Crippen molar-refractivity contribution < 1.29 is 13.2 Å². The van der Waals surface area contributed by atoms with Crippen molar-refractivity contribution in [2.75, 3.05) is 42.1 Å². The van der Waals surface area contributed by atoms with Crippen molar-refractivity contribution in [3.05, 3.63) is 78.0 Å². The van der Waals surface area contributed by atoms with Crippen molar-refractivity contribution in [3.8, 4) is 22.4 Å². The number of aromatic amines is 1. The number of anilines is 2. The van der Waals surface area contributed by atoms with Crippen LogP contribution in [0.25, 0.3) is 33.4 Å². The number of pyridine rings is 1. The molecular formula is C29H30ClN5O3S. The highest BCUT2D eigenvalue weighted by atomic mass is 35.5. The van der Waals surface area contributed by atoms with Crippen molar-refractivity contribution in [2.45, 2.75) is 13.8 Å². The van der Waals surface area contributed by atoms with Gasteiger partial charge in [-0.05, 0) is 60.9 Å². The monoisotopic (exact) mass is 563 g/mol. The van der Waals surface area contributed by atoms with Gasteiger partial charge in [-0.1, -0.05) is 42.4 Å². The summed E-state index contributed by atoms with van der Waals surface area (Å²) in [6.07, 6.45) is 2.91. The van der Waals surface area contributed by atoms with E-state index < -0.39 is 10.0 Å². The quantitative estimate of drug-likeness (QED) is 0.291. The van der Waals surface area contributed by atoms with Crippen LogP contribution in [0.5, 0.6) is 0 Å². The van der Waals surface area contributed by atoms with Crippen LogP contribution in [-0.4, -0.2) is 60.5 Å². The number of carbonyl (C=O) groups is 1. The molecule has 0 unspecified atom stereocenters. The summed E-state index contributed by atoms with van der Waals surface area (Å²) >= 11 is 6.68. The Morgan fingerprint density at radius 2 is 1.79 bits per heavy atom. The van der Waals surface area contributed by atoms with Crippen LogP contribution in [0.2, 0.25) is 5.02 Å². The average molecular weight is 564 g/mol. The molecule has 10 heteroatoms. The van der Waals surface area contributed by atoms with Crippen LogP contribution in [0, 0.1) is 6.92 Å². The largest absolute Gasteiger partial charge is 0.369 e. The van der Waals surface area contributed by atoms with E-state index >= 15 is 0 Å². The molecule has 0 saturated carbocycles. The number of hydrogen-bond acceptors (Lipinski definition) is 5.